The second-order valence-corrected chi connectivity index (χ2v) is 4.10. The van der Waals surface area contributed by atoms with Crippen molar-refractivity contribution in [1.82, 2.24) is 15.1 Å². The lowest BCUT2D eigenvalue weighted by Gasteiger charge is -2.17. The zero-order chi connectivity index (χ0) is 11.5. The van der Waals surface area contributed by atoms with Gasteiger partial charge in [-0.05, 0) is 19.8 Å². The van der Waals surface area contributed by atoms with Crippen molar-refractivity contribution < 1.29 is 9.59 Å². The highest BCUT2D eigenvalue weighted by atomic mass is 16.2. The van der Waals surface area contributed by atoms with Crippen molar-refractivity contribution in [2.45, 2.75) is 39.2 Å². The first-order valence-corrected chi connectivity index (χ1v) is 5.50. The van der Waals surface area contributed by atoms with Crippen molar-refractivity contribution in [2.24, 2.45) is 0 Å². The molecule has 16 heavy (non-hydrogen) atoms. The monoisotopic (exact) mass is 221 g/mol. The predicted octanol–water partition coefficient (Wildman–Crippen LogP) is 1.15. The molecule has 0 radical (unpaired) electrons. The van der Waals surface area contributed by atoms with Crippen molar-refractivity contribution in [2.75, 3.05) is 0 Å². The Hall–Kier alpha value is -1.65. The standard InChI is InChI=1S/C11H15N3O2/c1-8-9(6-12-13-8)7-14-10(15)4-2-3-5-11(14)16/h6H,2-5,7H2,1H3,(H,12,13). The topological polar surface area (TPSA) is 66.1 Å². The molecule has 2 rings (SSSR count). The van der Waals surface area contributed by atoms with E-state index in [1.54, 1.807) is 6.20 Å². The zero-order valence-corrected chi connectivity index (χ0v) is 9.32. The van der Waals surface area contributed by atoms with Crippen molar-refractivity contribution in [3.8, 4) is 0 Å². The first kappa shape index (κ1) is 10.9. The maximum absolute atomic E-state index is 11.7. The minimum Gasteiger partial charge on any atom is -0.283 e. The summed E-state index contributed by atoms with van der Waals surface area (Å²) >= 11 is 0. The Morgan fingerprint density at radius 3 is 2.44 bits per heavy atom. The Balaban J connectivity index is 2.15. The molecule has 1 N–H and O–H groups in total. The third-order valence-electron chi connectivity index (χ3n) is 2.90. The SMILES string of the molecule is Cc1[nH]ncc1CN1C(=O)CCCCC1=O. The van der Waals surface area contributed by atoms with Gasteiger partial charge < -0.3 is 0 Å². The van der Waals surface area contributed by atoms with Crippen LogP contribution >= 0.6 is 0 Å². The Morgan fingerprint density at radius 1 is 1.31 bits per heavy atom. The number of likely N-dealkylation sites (tertiary alicyclic amines) is 1. The maximum Gasteiger partial charge on any atom is 0.229 e. The number of imide groups is 1. The van der Waals surface area contributed by atoms with Gasteiger partial charge in [0.2, 0.25) is 11.8 Å². The molecule has 1 saturated heterocycles. The molecular formula is C11H15N3O2. The van der Waals surface area contributed by atoms with Crippen LogP contribution in [0.2, 0.25) is 0 Å². The Kier molecular flexibility index (Phi) is 3.03. The fourth-order valence-electron chi connectivity index (χ4n) is 1.84. The fourth-order valence-corrected chi connectivity index (χ4v) is 1.84. The van der Waals surface area contributed by atoms with E-state index >= 15 is 0 Å². The van der Waals surface area contributed by atoms with E-state index in [4.69, 9.17) is 0 Å². The van der Waals surface area contributed by atoms with Gasteiger partial charge in [-0.2, -0.15) is 5.10 Å². The van der Waals surface area contributed by atoms with Gasteiger partial charge in [-0.1, -0.05) is 0 Å². The van der Waals surface area contributed by atoms with Crippen LogP contribution in [0.5, 0.6) is 0 Å². The van der Waals surface area contributed by atoms with E-state index in [0.29, 0.717) is 19.4 Å². The molecule has 5 nitrogen and oxygen atoms in total. The largest absolute Gasteiger partial charge is 0.283 e. The smallest absolute Gasteiger partial charge is 0.229 e. The molecule has 1 fully saturated rings. The number of aromatic amines is 1. The molecule has 2 amide bonds. The molecule has 2 heterocycles. The fraction of sp³-hybridized carbons (Fsp3) is 0.545. The third-order valence-corrected chi connectivity index (χ3v) is 2.90. The molecule has 0 saturated carbocycles. The third kappa shape index (κ3) is 2.13. The van der Waals surface area contributed by atoms with Gasteiger partial charge in [0, 0.05) is 24.1 Å². The number of hydrogen-bond donors (Lipinski definition) is 1. The normalized spacial score (nSPS) is 17.7. The second-order valence-electron chi connectivity index (χ2n) is 4.10. The van der Waals surface area contributed by atoms with E-state index in [1.165, 1.54) is 4.90 Å². The number of H-pyrrole nitrogens is 1. The average Bonchev–Trinajstić information content (AvgIpc) is 2.59. The molecule has 0 spiro atoms. The van der Waals surface area contributed by atoms with Crippen LogP contribution in [0.3, 0.4) is 0 Å². The minimum absolute atomic E-state index is 0.0666. The van der Waals surface area contributed by atoms with E-state index in [-0.39, 0.29) is 11.8 Å². The number of carbonyl (C=O) groups excluding carboxylic acids is 2. The molecule has 0 atom stereocenters. The molecule has 0 aromatic carbocycles. The first-order chi connectivity index (χ1) is 7.68. The molecule has 1 aromatic heterocycles. The number of aryl methyl sites for hydroxylation is 1. The van der Waals surface area contributed by atoms with Crippen LogP contribution in [-0.4, -0.2) is 26.9 Å². The maximum atomic E-state index is 11.7. The number of amides is 2. The number of carbonyl (C=O) groups is 2. The summed E-state index contributed by atoms with van der Waals surface area (Å²) in [5.74, 6) is -0.133. The van der Waals surface area contributed by atoms with Crippen molar-refractivity contribution >= 4 is 11.8 Å². The molecule has 86 valence electrons. The summed E-state index contributed by atoms with van der Waals surface area (Å²) in [6, 6.07) is 0. The lowest BCUT2D eigenvalue weighted by molar-refractivity contribution is -0.144. The summed E-state index contributed by atoms with van der Waals surface area (Å²) in [5, 5.41) is 6.69. The van der Waals surface area contributed by atoms with Crippen LogP contribution < -0.4 is 0 Å². The molecule has 1 aliphatic heterocycles. The van der Waals surface area contributed by atoms with Crippen molar-refractivity contribution in [3.05, 3.63) is 17.5 Å². The molecule has 0 aliphatic carbocycles. The van der Waals surface area contributed by atoms with Crippen LogP contribution in [0, 0.1) is 6.92 Å². The first-order valence-electron chi connectivity index (χ1n) is 5.50. The van der Waals surface area contributed by atoms with Gasteiger partial charge in [0.05, 0.1) is 12.7 Å². The quantitative estimate of drug-likeness (QED) is 0.762. The predicted molar refractivity (Wildman–Crippen MR) is 57.3 cm³/mol. The molecule has 1 aromatic rings. The summed E-state index contributed by atoms with van der Waals surface area (Å²) in [6.07, 6.45) is 4.24. The summed E-state index contributed by atoms with van der Waals surface area (Å²) in [5.41, 5.74) is 1.81. The van der Waals surface area contributed by atoms with Gasteiger partial charge in [0.1, 0.15) is 0 Å². The molecule has 0 bridgehead atoms. The van der Waals surface area contributed by atoms with Crippen molar-refractivity contribution in [3.63, 3.8) is 0 Å². The van der Waals surface area contributed by atoms with Gasteiger partial charge in [-0.15, -0.1) is 0 Å². The van der Waals surface area contributed by atoms with Gasteiger partial charge in [0.15, 0.2) is 0 Å². The minimum atomic E-state index is -0.0666. The zero-order valence-electron chi connectivity index (χ0n) is 9.32. The van der Waals surface area contributed by atoms with Gasteiger partial charge in [0.25, 0.3) is 0 Å². The number of aromatic nitrogens is 2. The van der Waals surface area contributed by atoms with Crippen molar-refractivity contribution in [1.29, 1.82) is 0 Å². The van der Waals surface area contributed by atoms with Crippen LogP contribution in [0.1, 0.15) is 36.9 Å². The van der Waals surface area contributed by atoms with E-state index in [9.17, 15) is 9.59 Å². The van der Waals surface area contributed by atoms with Gasteiger partial charge in [-0.25, -0.2) is 0 Å². The van der Waals surface area contributed by atoms with Gasteiger partial charge >= 0.3 is 0 Å². The Morgan fingerprint density at radius 2 is 1.94 bits per heavy atom. The second kappa shape index (κ2) is 4.47. The Bertz CT molecular complexity index is 393. The molecule has 0 unspecified atom stereocenters. The number of nitrogens with one attached hydrogen (secondary N) is 1. The summed E-state index contributed by atoms with van der Waals surface area (Å²) < 4.78 is 0. The van der Waals surface area contributed by atoms with E-state index in [1.807, 2.05) is 6.92 Å². The van der Waals surface area contributed by atoms with Crippen LogP contribution in [0.15, 0.2) is 6.20 Å². The number of nitrogens with zero attached hydrogens (tertiary/aromatic N) is 2. The number of rotatable bonds is 2. The van der Waals surface area contributed by atoms with E-state index in [0.717, 1.165) is 24.1 Å². The lowest BCUT2D eigenvalue weighted by Crippen LogP contribution is -2.34. The van der Waals surface area contributed by atoms with E-state index in [2.05, 4.69) is 10.2 Å². The highest BCUT2D eigenvalue weighted by molar-refractivity contribution is 5.95. The average molecular weight is 221 g/mol. The summed E-state index contributed by atoms with van der Waals surface area (Å²) in [4.78, 5) is 24.8. The highest BCUT2D eigenvalue weighted by Gasteiger charge is 2.24. The number of hydrogen-bond acceptors (Lipinski definition) is 3. The van der Waals surface area contributed by atoms with Crippen LogP contribution in [0.25, 0.3) is 0 Å². The summed E-state index contributed by atoms with van der Waals surface area (Å²) in [6.45, 7) is 2.23. The molecule has 1 aliphatic rings. The molecule has 5 heteroatoms. The Labute approximate surface area is 93.8 Å². The van der Waals surface area contributed by atoms with E-state index < -0.39 is 0 Å². The lowest BCUT2D eigenvalue weighted by atomic mass is 10.2. The molecular weight excluding hydrogens is 206 g/mol. The van der Waals surface area contributed by atoms with Crippen LogP contribution in [-0.2, 0) is 16.1 Å². The van der Waals surface area contributed by atoms with Crippen LogP contribution in [0.4, 0.5) is 0 Å². The summed E-state index contributed by atoms with van der Waals surface area (Å²) in [7, 11) is 0. The van der Waals surface area contributed by atoms with Gasteiger partial charge in [-0.3, -0.25) is 19.6 Å². The highest BCUT2D eigenvalue weighted by Crippen LogP contribution is 2.16.